The van der Waals surface area contributed by atoms with Gasteiger partial charge >= 0.3 is 0 Å². The van der Waals surface area contributed by atoms with E-state index < -0.39 is 0 Å². The van der Waals surface area contributed by atoms with Crippen LogP contribution >= 0.6 is 0 Å². The Hall–Kier alpha value is -2.89. The first-order valence-corrected chi connectivity index (χ1v) is 8.17. The molecule has 2 aromatic rings. The molecule has 0 atom stereocenters. The Morgan fingerprint density at radius 3 is 2.36 bits per heavy atom. The quantitative estimate of drug-likeness (QED) is 0.531. The summed E-state index contributed by atoms with van der Waals surface area (Å²) < 4.78 is 12.9. The van der Waals surface area contributed by atoms with E-state index in [1.807, 2.05) is 30.3 Å². The number of amides is 1. The van der Waals surface area contributed by atoms with E-state index in [0.717, 1.165) is 12.0 Å². The van der Waals surface area contributed by atoms with E-state index in [4.69, 9.17) is 0 Å². The van der Waals surface area contributed by atoms with Gasteiger partial charge in [0.2, 0.25) is 5.91 Å². The fourth-order valence-electron chi connectivity index (χ4n) is 2.23. The van der Waals surface area contributed by atoms with Gasteiger partial charge in [-0.05, 0) is 29.7 Å². The van der Waals surface area contributed by atoms with Gasteiger partial charge in [0.25, 0.3) is 0 Å². The Morgan fingerprint density at radius 1 is 0.960 bits per heavy atom. The van der Waals surface area contributed by atoms with Crippen LogP contribution in [0.1, 0.15) is 11.1 Å². The zero-order valence-electron chi connectivity index (χ0n) is 14.3. The fourth-order valence-corrected chi connectivity index (χ4v) is 2.23. The van der Waals surface area contributed by atoms with Crippen LogP contribution in [-0.4, -0.2) is 32.0 Å². The normalized spacial score (nSPS) is 11.0. The van der Waals surface area contributed by atoms with Crippen LogP contribution < -0.4 is 16.0 Å². The van der Waals surface area contributed by atoms with Gasteiger partial charge in [-0.2, -0.15) is 0 Å². The molecule has 0 fully saturated rings. The molecule has 0 aliphatic heterocycles. The van der Waals surface area contributed by atoms with E-state index in [9.17, 15) is 9.18 Å². The molecule has 0 saturated heterocycles. The predicted octanol–water partition coefficient (Wildman–Crippen LogP) is 1.85. The summed E-state index contributed by atoms with van der Waals surface area (Å²) in [6.07, 6.45) is 0.796. The van der Waals surface area contributed by atoms with Gasteiger partial charge in [0.1, 0.15) is 5.82 Å². The van der Waals surface area contributed by atoms with Crippen LogP contribution in [0.5, 0.6) is 0 Å². The van der Waals surface area contributed by atoms with E-state index in [2.05, 4.69) is 20.9 Å². The summed E-state index contributed by atoms with van der Waals surface area (Å²) in [5, 5.41) is 8.90. The van der Waals surface area contributed by atoms with Crippen molar-refractivity contribution in [1.82, 2.24) is 16.0 Å². The number of aliphatic imine (C=N–C) groups is 1. The van der Waals surface area contributed by atoms with Gasteiger partial charge < -0.3 is 16.0 Å². The molecule has 132 valence electrons. The Bertz CT molecular complexity index is 686. The summed E-state index contributed by atoms with van der Waals surface area (Å²) >= 11 is 0. The van der Waals surface area contributed by atoms with E-state index >= 15 is 0 Å². The van der Waals surface area contributed by atoms with Crippen LogP contribution in [0.3, 0.4) is 0 Å². The average molecular weight is 342 g/mol. The van der Waals surface area contributed by atoms with Gasteiger partial charge in [0.05, 0.1) is 6.54 Å². The second kappa shape index (κ2) is 10.1. The van der Waals surface area contributed by atoms with Crippen molar-refractivity contribution in [1.29, 1.82) is 0 Å². The Labute approximate surface area is 147 Å². The average Bonchev–Trinajstić information content (AvgIpc) is 2.64. The molecule has 0 unspecified atom stereocenters. The summed E-state index contributed by atoms with van der Waals surface area (Å²) in [5.41, 5.74) is 2.11. The van der Waals surface area contributed by atoms with Crippen molar-refractivity contribution in [3.8, 4) is 0 Å². The molecular weight excluding hydrogens is 319 g/mol. The van der Waals surface area contributed by atoms with Crippen LogP contribution in [0.4, 0.5) is 4.39 Å². The second-order valence-electron chi connectivity index (χ2n) is 5.49. The van der Waals surface area contributed by atoms with Gasteiger partial charge in [-0.3, -0.25) is 9.79 Å². The highest BCUT2D eigenvalue weighted by Crippen LogP contribution is 2.01. The number of rotatable bonds is 7. The largest absolute Gasteiger partial charge is 0.354 e. The van der Waals surface area contributed by atoms with Crippen LogP contribution in [0.2, 0.25) is 0 Å². The molecule has 0 aromatic heterocycles. The molecule has 3 N–H and O–H groups in total. The van der Waals surface area contributed by atoms with Gasteiger partial charge in [0.15, 0.2) is 5.96 Å². The zero-order chi connectivity index (χ0) is 17.9. The Morgan fingerprint density at radius 2 is 1.68 bits per heavy atom. The third-order valence-electron chi connectivity index (χ3n) is 3.59. The maximum Gasteiger partial charge on any atom is 0.239 e. The third-order valence-corrected chi connectivity index (χ3v) is 3.59. The van der Waals surface area contributed by atoms with E-state index in [-0.39, 0.29) is 18.3 Å². The van der Waals surface area contributed by atoms with Crippen LogP contribution in [0.25, 0.3) is 0 Å². The molecule has 0 radical (unpaired) electrons. The minimum atomic E-state index is -0.265. The molecule has 1 amide bonds. The van der Waals surface area contributed by atoms with Crippen molar-refractivity contribution in [2.24, 2.45) is 4.99 Å². The number of halogens is 1. The Balaban J connectivity index is 1.65. The molecule has 25 heavy (non-hydrogen) atoms. The van der Waals surface area contributed by atoms with Crippen molar-refractivity contribution >= 4 is 11.9 Å². The Kier molecular flexibility index (Phi) is 7.43. The van der Waals surface area contributed by atoms with Gasteiger partial charge in [-0.1, -0.05) is 42.5 Å². The molecule has 0 bridgehead atoms. The maximum absolute atomic E-state index is 12.9. The lowest BCUT2D eigenvalue weighted by molar-refractivity contribution is -0.119. The number of guanidine groups is 1. The lowest BCUT2D eigenvalue weighted by Crippen LogP contribution is -2.43. The van der Waals surface area contributed by atoms with Gasteiger partial charge in [0, 0.05) is 20.1 Å². The topological polar surface area (TPSA) is 65.5 Å². The lowest BCUT2D eigenvalue weighted by Gasteiger charge is -2.12. The van der Waals surface area contributed by atoms with Crippen LogP contribution in [-0.2, 0) is 17.8 Å². The number of carbonyl (C=O) groups is 1. The van der Waals surface area contributed by atoms with Gasteiger partial charge in [-0.15, -0.1) is 0 Å². The lowest BCUT2D eigenvalue weighted by atomic mass is 10.1. The number of hydrogen-bond donors (Lipinski definition) is 3. The highest BCUT2D eigenvalue weighted by atomic mass is 19.1. The standard InChI is InChI=1S/C19H23FN4O/c1-21-19(23-13-16-7-9-17(20)10-8-16)24-14-18(25)22-12-11-15-5-3-2-4-6-15/h2-10H,11-14H2,1H3,(H,22,25)(H2,21,23,24). The van der Waals surface area contributed by atoms with Crippen molar-refractivity contribution < 1.29 is 9.18 Å². The maximum atomic E-state index is 12.9. The minimum Gasteiger partial charge on any atom is -0.354 e. The highest BCUT2D eigenvalue weighted by molar-refractivity contribution is 5.86. The van der Waals surface area contributed by atoms with Crippen LogP contribution in [0, 0.1) is 5.82 Å². The third kappa shape index (κ3) is 7.03. The molecule has 2 rings (SSSR count). The van der Waals surface area contributed by atoms with E-state index in [0.29, 0.717) is 19.0 Å². The van der Waals surface area contributed by atoms with Crippen molar-refractivity contribution in [2.45, 2.75) is 13.0 Å². The number of benzene rings is 2. The monoisotopic (exact) mass is 342 g/mol. The zero-order valence-corrected chi connectivity index (χ0v) is 14.3. The highest BCUT2D eigenvalue weighted by Gasteiger charge is 2.03. The summed E-state index contributed by atoms with van der Waals surface area (Å²) in [5.74, 6) is 0.154. The number of hydrogen-bond acceptors (Lipinski definition) is 2. The molecular formula is C19H23FN4O. The van der Waals surface area contributed by atoms with E-state index in [1.54, 1.807) is 19.2 Å². The molecule has 0 saturated carbocycles. The molecule has 0 spiro atoms. The number of nitrogens with one attached hydrogen (secondary N) is 3. The summed E-state index contributed by atoms with van der Waals surface area (Å²) in [6.45, 7) is 1.22. The first-order valence-electron chi connectivity index (χ1n) is 8.17. The fraction of sp³-hybridized carbons (Fsp3) is 0.263. The number of carbonyl (C=O) groups excluding carboxylic acids is 1. The smallest absolute Gasteiger partial charge is 0.239 e. The molecule has 0 heterocycles. The molecule has 0 aliphatic rings. The first kappa shape index (κ1) is 18.4. The van der Waals surface area contributed by atoms with Gasteiger partial charge in [-0.25, -0.2) is 4.39 Å². The number of nitrogens with zero attached hydrogens (tertiary/aromatic N) is 1. The predicted molar refractivity (Wildman–Crippen MR) is 97.8 cm³/mol. The molecule has 2 aromatic carbocycles. The first-order chi connectivity index (χ1) is 12.2. The summed E-state index contributed by atoms with van der Waals surface area (Å²) in [7, 11) is 1.63. The van der Waals surface area contributed by atoms with Crippen molar-refractivity contribution in [2.75, 3.05) is 20.1 Å². The van der Waals surface area contributed by atoms with Crippen LogP contribution in [0.15, 0.2) is 59.6 Å². The minimum absolute atomic E-state index is 0.0966. The molecule has 5 nitrogen and oxygen atoms in total. The van der Waals surface area contributed by atoms with Crippen molar-refractivity contribution in [3.63, 3.8) is 0 Å². The summed E-state index contributed by atoms with van der Waals surface area (Å²) in [4.78, 5) is 15.9. The van der Waals surface area contributed by atoms with Crippen molar-refractivity contribution in [3.05, 3.63) is 71.5 Å². The SMILES string of the molecule is CN=C(NCC(=O)NCCc1ccccc1)NCc1ccc(F)cc1. The van der Waals surface area contributed by atoms with E-state index in [1.165, 1.54) is 17.7 Å². The summed E-state index contributed by atoms with van der Waals surface area (Å²) in [6, 6.07) is 16.2. The molecule has 0 aliphatic carbocycles. The second-order valence-corrected chi connectivity index (χ2v) is 5.49. The molecule has 6 heteroatoms.